The van der Waals surface area contributed by atoms with Crippen LogP contribution in [0.2, 0.25) is 0 Å². The van der Waals surface area contributed by atoms with Crippen molar-refractivity contribution in [3.63, 3.8) is 0 Å². The van der Waals surface area contributed by atoms with E-state index in [0.29, 0.717) is 5.56 Å². The molecule has 0 saturated carbocycles. The van der Waals surface area contributed by atoms with E-state index in [0.717, 1.165) is 0 Å². The molecule has 0 fully saturated rings. The summed E-state index contributed by atoms with van der Waals surface area (Å²) in [6.45, 7) is 5.02. The second kappa shape index (κ2) is 7.59. The van der Waals surface area contributed by atoms with E-state index >= 15 is 0 Å². The summed E-state index contributed by atoms with van der Waals surface area (Å²) in [7, 11) is 0. The fourth-order valence-electron chi connectivity index (χ4n) is 1.47. The number of nitrogens with one attached hydrogen (secondary N) is 2. The molecule has 0 aromatic heterocycles. The van der Waals surface area contributed by atoms with Gasteiger partial charge in [-0.05, 0) is 23.8 Å². The molecule has 0 radical (unpaired) electrons. The predicted octanol–water partition coefficient (Wildman–Crippen LogP) is 1.37. The van der Waals surface area contributed by atoms with E-state index in [-0.39, 0.29) is 17.9 Å². The first-order valence-electron chi connectivity index (χ1n) is 6.07. The van der Waals surface area contributed by atoms with Crippen molar-refractivity contribution in [3.8, 4) is 0 Å². The number of nitrogens with zero attached hydrogens (tertiary/aromatic N) is 1. The van der Waals surface area contributed by atoms with Gasteiger partial charge >= 0.3 is 0 Å². The number of nitro benzene ring substituents is 1. The molecule has 7 heteroatoms. The van der Waals surface area contributed by atoms with Crippen molar-refractivity contribution < 1.29 is 14.5 Å². The van der Waals surface area contributed by atoms with Crippen LogP contribution in [0.1, 0.15) is 12.5 Å². The van der Waals surface area contributed by atoms with E-state index < -0.39 is 16.7 Å². The molecule has 110 valence electrons. The molecule has 0 atom stereocenters. The van der Waals surface area contributed by atoms with Gasteiger partial charge < -0.3 is 10.6 Å². The topological polar surface area (TPSA) is 101 Å². The Labute approximate surface area is 121 Å². The van der Waals surface area contributed by atoms with E-state index in [1.165, 1.54) is 43.3 Å². The quantitative estimate of drug-likeness (QED) is 0.357. The number of carbonyl (C=O) groups is 2. The molecule has 1 aromatic carbocycles. The van der Waals surface area contributed by atoms with Crippen LogP contribution < -0.4 is 10.6 Å². The number of non-ortho nitro benzene ring substituents is 1. The zero-order valence-electron chi connectivity index (χ0n) is 11.5. The Bertz CT molecular complexity index is 591. The summed E-state index contributed by atoms with van der Waals surface area (Å²) in [4.78, 5) is 33.0. The van der Waals surface area contributed by atoms with Gasteiger partial charge in [-0.15, -0.1) is 6.58 Å². The number of hydrogen-bond acceptors (Lipinski definition) is 4. The Hall–Kier alpha value is -2.96. The summed E-state index contributed by atoms with van der Waals surface area (Å²) in [6, 6.07) is 5.61. The minimum atomic E-state index is -0.515. The van der Waals surface area contributed by atoms with Crippen LogP contribution in [0.15, 0.2) is 42.6 Å². The maximum absolute atomic E-state index is 11.9. The highest BCUT2D eigenvalue weighted by Gasteiger charge is 2.10. The summed E-state index contributed by atoms with van der Waals surface area (Å²) >= 11 is 0. The third-order valence-electron chi connectivity index (χ3n) is 2.38. The Morgan fingerprint density at radius 3 is 2.43 bits per heavy atom. The maximum Gasteiger partial charge on any atom is 0.269 e. The van der Waals surface area contributed by atoms with Gasteiger partial charge in [0.2, 0.25) is 5.91 Å². The smallest absolute Gasteiger partial charge is 0.269 e. The molecular weight excluding hydrogens is 274 g/mol. The van der Waals surface area contributed by atoms with Gasteiger partial charge in [0.25, 0.3) is 11.6 Å². The van der Waals surface area contributed by atoms with Gasteiger partial charge in [0.05, 0.1) is 4.92 Å². The van der Waals surface area contributed by atoms with E-state index in [2.05, 4.69) is 17.2 Å². The minimum Gasteiger partial charge on any atom is -0.347 e. The molecule has 0 bridgehead atoms. The molecule has 0 spiro atoms. The van der Waals surface area contributed by atoms with Gasteiger partial charge in [0.15, 0.2) is 0 Å². The van der Waals surface area contributed by atoms with Crippen LogP contribution in [0.5, 0.6) is 0 Å². The third-order valence-corrected chi connectivity index (χ3v) is 2.38. The first kappa shape index (κ1) is 16.1. The van der Waals surface area contributed by atoms with Crippen molar-refractivity contribution in [1.29, 1.82) is 0 Å². The number of benzene rings is 1. The fraction of sp³-hybridized carbons (Fsp3) is 0.143. The van der Waals surface area contributed by atoms with Gasteiger partial charge in [0.1, 0.15) is 5.70 Å². The van der Waals surface area contributed by atoms with Crippen LogP contribution in [0.25, 0.3) is 6.08 Å². The lowest BCUT2D eigenvalue weighted by Crippen LogP contribution is -2.33. The zero-order valence-corrected chi connectivity index (χ0v) is 11.5. The molecule has 0 unspecified atom stereocenters. The molecule has 1 aromatic rings. The maximum atomic E-state index is 11.9. The first-order valence-corrected chi connectivity index (χ1v) is 6.07. The standard InChI is InChI=1S/C14H15N3O4/c1-3-8-15-14(19)13(16-10(2)18)9-11-4-6-12(7-5-11)17(20)21/h3-7,9H,1,8H2,2H3,(H,15,19)(H,16,18). The van der Waals surface area contributed by atoms with E-state index in [1.807, 2.05) is 0 Å². The fourth-order valence-corrected chi connectivity index (χ4v) is 1.47. The molecule has 0 aliphatic rings. The van der Waals surface area contributed by atoms with Crippen molar-refractivity contribution in [2.75, 3.05) is 6.54 Å². The predicted molar refractivity (Wildman–Crippen MR) is 78.1 cm³/mol. The second-order valence-electron chi connectivity index (χ2n) is 4.09. The third kappa shape index (κ3) is 5.27. The SMILES string of the molecule is C=CCNC(=O)C(=Cc1ccc([N+](=O)[O-])cc1)NC(C)=O. The highest BCUT2D eigenvalue weighted by molar-refractivity contribution is 6.00. The lowest BCUT2D eigenvalue weighted by Gasteiger charge is -2.08. The molecule has 7 nitrogen and oxygen atoms in total. The van der Waals surface area contributed by atoms with Crippen molar-refractivity contribution in [3.05, 3.63) is 58.3 Å². The minimum absolute atomic E-state index is 0.0515. The number of nitro groups is 1. The largest absolute Gasteiger partial charge is 0.347 e. The van der Waals surface area contributed by atoms with E-state index in [4.69, 9.17) is 0 Å². The summed E-state index contributed by atoms with van der Waals surface area (Å²) in [5.74, 6) is -0.861. The Morgan fingerprint density at radius 1 is 1.33 bits per heavy atom. The van der Waals surface area contributed by atoms with Gasteiger partial charge in [-0.3, -0.25) is 19.7 Å². The average molecular weight is 289 g/mol. The zero-order chi connectivity index (χ0) is 15.8. The Balaban J connectivity index is 3.00. The summed E-state index contributed by atoms with van der Waals surface area (Å²) in [6.07, 6.45) is 2.94. The first-order chi connectivity index (χ1) is 9.93. The van der Waals surface area contributed by atoms with Crippen molar-refractivity contribution in [2.45, 2.75) is 6.92 Å². The molecular formula is C14H15N3O4. The highest BCUT2D eigenvalue weighted by Crippen LogP contribution is 2.14. The second-order valence-corrected chi connectivity index (χ2v) is 4.09. The van der Waals surface area contributed by atoms with Crippen molar-refractivity contribution in [2.24, 2.45) is 0 Å². The van der Waals surface area contributed by atoms with Crippen molar-refractivity contribution in [1.82, 2.24) is 10.6 Å². The number of amides is 2. The highest BCUT2D eigenvalue weighted by atomic mass is 16.6. The van der Waals surface area contributed by atoms with Gasteiger partial charge in [0, 0.05) is 25.6 Å². The summed E-state index contributed by atoms with van der Waals surface area (Å²) < 4.78 is 0. The monoisotopic (exact) mass is 289 g/mol. The molecule has 1 rings (SSSR count). The molecule has 0 aliphatic heterocycles. The van der Waals surface area contributed by atoms with E-state index in [1.54, 1.807) is 0 Å². The van der Waals surface area contributed by atoms with Crippen LogP contribution in [-0.4, -0.2) is 23.3 Å². The number of carbonyl (C=O) groups excluding carboxylic acids is 2. The molecule has 0 heterocycles. The normalized spacial score (nSPS) is 10.6. The van der Waals surface area contributed by atoms with Crippen LogP contribution >= 0.6 is 0 Å². The van der Waals surface area contributed by atoms with Crippen LogP contribution in [0.4, 0.5) is 5.69 Å². The molecule has 0 aliphatic carbocycles. The van der Waals surface area contributed by atoms with Gasteiger partial charge in [-0.2, -0.15) is 0 Å². The van der Waals surface area contributed by atoms with Crippen LogP contribution in [0.3, 0.4) is 0 Å². The Morgan fingerprint density at radius 2 is 1.95 bits per heavy atom. The lowest BCUT2D eigenvalue weighted by atomic mass is 10.1. The molecule has 2 amide bonds. The number of rotatable bonds is 6. The van der Waals surface area contributed by atoms with Gasteiger partial charge in [-0.1, -0.05) is 6.08 Å². The number of hydrogen-bond donors (Lipinski definition) is 2. The lowest BCUT2D eigenvalue weighted by molar-refractivity contribution is -0.384. The van der Waals surface area contributed by atoms with Crippen molar-refractivity contribution >= 4 is 23.6 Å². The average Bonchev–Trinajstić information content (AvgIpc) is 2.44. The molecule has 21 heavy (non-hydrogen) atoms. The Kier molecular flexibility index (Phi) is 5.81. The van der Waals surface area contributed by atoms with E-state index in [9.17, 15) is 19.7 Å². The summed E-state index contributed by atoms with van der Waals surface area (Å²) in [5.41, 5.74) is 0.556. The van der Waals surface area contributed by atoms with Crippen LogP contribution in [-0.2, 0) is 9.59 Å². The molecule has 0 saturated heterocycles. The van der Waals surface area contributed by atoms with Gasteiger partial charge in [-0.25, -0.2) is 0 Å². The molecule has 2 N–H and O–H groups in total. The summed E-state index contributed by atoms with van der Waals surface area (Å²) in [5, 5.41) is 15.5. The van der Waals surface area contributed by atoms with Crippen LogP contribution in [0, 0.1) is 10.1 Å².